The molecule has 4 nitrogen and oxygen atoms in total. The Hall–Kier alpha value is -1.81. The molecule has 0 fully saturated rings. The molecule has 0 amide bonds. The molecule has 0 aliphatic heterocycles. The standard InChI is InChI=1S/C12H14N3O/c1-13-8-10-16-12-5-3-11(4-6-12)15-9-2-7-14-15/h2-7,9H,8,10H2,1H3/q-1. The fraction of sp³-hybridized carbons (Fsp3) is 0.250. The topological polar surface area (TPSA) is 41.2 Å². The minimum atomic E-state index is 0.623. The quantitative estimate of drug-likeness (QED) is 0.719. The van der Waals surface area contributed by atoms with Gasteiger partial charge in [0.2, 0.25) is 0 Å². The largest absolute Gasteiger partial charge is 0.662 e. The van der Waals surface area contributed by atoms with Crippen molar-refractivity contribution in [2.24, 2.45) is 0 Å². The highest BCUT2D eigenvalue weighted by Crippen LogP contribution is 2.14. The highest BCUT2D eigenvalue weighted by molar-refractivity contribution is 5.36. The average molecular weight is 216 g/mol. The Morgan fingerprint density at radius 1 is 1.31 bits per heavy atom. The molecule has 2 rings (SSSR count). The molecule has 0 radical (unpaired) electrons. The van der Waals surface area contributed by atoms with Crippen molar-refractivity contribution in [3.05, 3.63) is 48.0 Å². The van der Waals surface area contributed by atoms with Gasteiger partial charge in [-0.1, -0.05) is 0 Å². The molecule has 0 saturated heterocycles. The first kappa shape index (κ1) is 10.7. The first-order chi connectivity index (χ1) is 7.90. The number of rotatable bonds is 5. The maximum absolute atomic E-state index is 5.50. The van der Waals surface area contributed by atoms with Crippen molar-refractivity contribution >= 4 is 0 Å². The Morgan fingerprint density at radius 3 is 2.75 bits per heavy atom. The van der Waals surface area contributed by atoms with Gasteiger partial charge < -0.3 is 10.1 Å². The zero-order valence-corrected chi connectivity index (χ0v) is 9.21. The molecule has 0 unspecified atom stereocenters. The third-order valence-electron chi connectivity index (χ3n) is 2.19. The first-order valence-corrected chi connectivity index (χ1v) is 5.18. The number of hydrogen-bond donors (Lipinski definition) is 0. The van der Waals surface area contributed by atoms with Gasteiger partial charge in [-0.2, -0.15) is 12.1 Å². The number of nitrogens with zero attached hydrogens (tertiary/aromatic N) is 3. The van der Waals surface area contributed by atoms with Crippen LogP contribution < -0.4 is 4.74 Å². The first-order valence-electron chi connectivity index (χ1n) is 5.18. The molecule has 16 heavy (non-hydrogen) atoms. The van der Waals surface area contributed by atoms with Crippen molar-refractivity contribution in [3.63, 3.8) is 0 Å². The molecule has 1 aromatic heterocycles. The van der Waals surface area contributed by atoms with Crippen molar-refractivity contribution in [1.29, 1.82) is 0 Å². The third-order valence-corrected chi connectivity index (χ3v) is 2.19. The van der Waals surface area contributed by atoms with Crippen LogP contribution in [0.15, 0.2) is 42.7 Å². The molecule has 0 saturated carbocycles. The zero-order valence-electron chi connectivity index (χ0n) is 9.21. The van der Waals surface area contributed by atoms with E-state index in [1.807, 2.05) is 41.2 Å². The Bertz CT molecular complexity index is 408. The van der Waals surface area contributed by atoms with Crippen LogP contribution in [0.1, 0.15) is 0 Å². The van der Waals surface area contributed by atoms with E-state index in [0.29, 0.717) is 6.61 Å². The van der Waals surface area contributed by atoms with Gasteiger partial charge in [-0.3, -0.25) is 0 Å². The van der Waals surface area contributed by atoms with Gasteiger partial charge in [0.25, 0.3) is 0 Å². The number of benzene rings is 1. The van der Waals surface area contributed by atoms with Crippen molar-refractivity contribution in [2.45, 2.75) is 0 Å². The van der Waals surface area contributed by atoms with E-state index in [2.05, 4.69) is 10.4 Å². The molecule has 2 aromatic rings. The fourth-order valence-electron chi connectivity index (χ4n) is 1.37. The van der Waals surface area contributed by atoms with E-state index in [9.17, 15) is 0 Å². The van der Waals surface area contributed by atoms with Gasteiger partial charge in [0, 0.05) is 12.4 Å². The molecular formula is C12H14N3O-. The van der Waals surface area contributed by atoms with E-state index in [0.717, 1.165) is 18.0 Å². The van der Waals surface area contributed by atoms with Crippen LogP contribution in [0.2, 0.25) is 0 Å². The summed E-state index contributed by atoms with van der Waals surface area (Å²) in [7, 11) is 1.78. The van der Waals surface area contributed by atoms with E-state index >= 15 is 0 Å². The molecule has 0 aliphatic carbocycles. The lowest BCUT2D eigenvalue weighted by Gasteiger charge is -2.12. The molecule has 4 heteroatoms. The summed E-state index contributed by atoms with van der Waals surface area (Å²) in [5.41, 5.74) is 1.03. The van der Waals surface area contributed by atoms with Gasteiger partial charge in [0.05, 0.1) is 12.3 Å². The lowest BCUT2D eigenvalue weighted by molar-refractivity contribution is 0.334. The SMILES string of the molecule is C[N-]CCOc1ccc(-n2cccn2)cc1. The van der Waals surface area contributed by atoms with E-state index in [1.54, 1.807) is 13.2 Å². The van der Waals surface area contributed by atoms with E-state index in [-0.39, 0.29) is 0 Å². The lowest BCUT2D eigenvalue weighted by Crippen LogP contribution is -2.01. The van der Waals surface area contributed by atoms with Crippen LogP contribution in [-0.2, 0) is 0 Å². The Kier molecular flexibility index (Phi) is 3.56. The van der Waals surface area contributed by atoms with Gasteiger partial charge in [-0.15, -0.1) is 6.54 Å². The van der Waals surface area contributed by atoms with Gasteiger partial charge in [0.15, 0.2) is 0 Å². The third kappa shape index (κ3) is 2.61. The fourth-order valence-corrected chi connectivity index (χ4v) is 1.37. The second-order valence-electron chi connectivity index (χ2n) is 3.33. The summed E-state index contributed by atoms with van der Waals surface area (Å²) in [4.78, 5) is 0. The summed E-state index contributed by atoms with van der Waals surface area (Å²) < 4.78 is 7.31. The smallest absolute Gasteiger partial charge is 0.119 e. The molecule has 0 aliphatic rings. The van der Waals surface area contributed by atoms with Crippen LogP contribution in [0.5, 0.6) is 5.75 Å². The van der Waals surface area contributed by atoms with E-state index in [1.165, 1.54) is 0 Å². The van der Waals surface area contributed by atoms with E-state index in [4.69, 9.17) is 4.74 Å². The highest BCUT2D eigenvalue weighted by Gasteiger charge is 1.96. The van der Waals surface area contributed by atoms with Crippen LogP contribution in [0, 0.1) is 0 Å². The van der Waals surface area contributed by atoms with Gasteiger partial charge in [0.1, 0.15) is 5.75 Å². The van der Waals surface area contributed by atoms with E-state index < -0.39 is 0 Å². The summed E-state index contributed by atoms with van der Waals surface area (Å²) in [6.45, 7) is 1.35. The molecule has 84 valence electrons. The maximum Gasteiger partial charge on any atom is 0.119 e. The van der Waals surface area contributed by atoms with Crippen LogP contribution in [0.3, 0.4) is 0 Å². The van der Waals surface area contributed by atoms with Crippen molar-refractivity contribution in [2.75, 3.05) is 20.2 Å². The molecular weight excluding hydrogens is 202 g/mol. The van der Waals surface area contributed by atoms with Crippen molar-refractivity contribution < 1.29 is 4.74 Å². The van der Waals surface area contributed by atoms with Crippen LogP contribution in [0.4, 0.5) is 0 Å². The zero-order chi connectivity index (χ0) is 11.2. The Balaban J connectivity index is 2.00. The minimum absolute atomic E-state index is 0.623. The average Bonchev–Trinajstić information content (AvgIpc) is 2.84. The molecule has 1 heterocycles. The second kappa shape index (κ2) is 5.32. The predicted octanol–water partition coefficient (Wildman–Crippen LogP) is 2.25. The van der Waals surface area contributed by atoms with Crippen LogP contribution in [0.25, 0.3) is 11.0 Å². The number of hydrogen-bond acceptors (Lipinski definition) is 2. The number of ether oxygens (including phenoxy) is 1. The summed E-state index contributed by atoms with van der Waals surface area (Å²) in [5, 5.41) is 8.12. The highest BCUT2D eigenvalue weighted by atomic mass is 16.5. The maximum atomic E-state index is 5.50. The summed E-state index contributed by atoms with van der Waals surface area (Å²) in [6, 6.07) is 9.73. The Labute approximate surface area is 94.9 Å². The van der Waals surface area contributed by atoms with Gasteiger partial charge in [-0.25, -0.2) is 4.68 Å². The summed E-state index contributed by atoms with van der Waals surface area (Å²) >= 11 is 0. The lowest BCUT2D eigenvalue weighted by atomic mass is 10.3. The minimum Gasteiger partial charge on any atom is -0.662 e. The molecule has 0 N–H and O–H groups in total. The van der Waals surface area contributed by atoms with Gasteiger partial charge >= 0.3 is 0 Å². The molecule has 0 atom stereocenters. The molecule has 1 aromatic carbocycles. The van der Waals surface area contributed by atoms with Crippen LogP contribution >= 0.6 is 0 Å². The van der Waals surface area contributed by atoms with Crippen molar-refractivity contribution in [3.8, 4) is 11.4 Å². The monoisotopic (exact) mass is 216 g/mol. The van der Waals surface area contributed by atoms with Gasteiger partial charge in [-0.05, 0) is 30.3 Å². The van der Waals surface area contributed by atoms with Crippen LogP contribution in [-0.4, -0.2) is 30.0 Å². The molecule has 0 spiro atoms. The number of aromatic nitrogens is 2. The second-order valence-corrected chi connectivity index (χ2v) is 3.33. The van der Waals surface area contributed by atoms with Crippen molar-refractivity contribution in [1.82, 2.24) is 9.78 Å². The normalized spacial score (nSPS) is 10.3. The molecule has 0 bridgehead atoms. The summed E-state index contributed by atoms with van der Waals surface area (Å²) in [5.74, 6) is 0.861. The summed E-state index contributed by atoms with van der Waals surface area (Å²) in [6.07, 6.45) is 3.67. The predicted molar refractivity (Wildman–Crippen MR) is 63.2 cm³/mol. The Morgan fingerprint density at radius 2 is 2.12 bits per heavy atom. The number of likely N-dealkylation sites (N-methyl/N-ethyl adjacent to an activating group) is 1.